The molecular formula is C32H62NaO9P. The van der Waals surface area contributed by atoms with Crippen LogP contribution in [0.25, 0.3) is 0 Å². The molecule has 2 unspecified atom stereocenters. The summed E-state index contributed by atoms with van der Waals surface area (Å²) in [6.45, 7) is 2.38. The molecule has 0 fully saturated rings. The molecule has 0 aliphatic rings. The zero-order chi connectivity index (χ0) is 31.2. The van der Waals surface area contributed by atoms with Gasteiger partial charge in [0.05, 0.1) is 6.61 Å². The number of hydrogen-bond donors (Lipinski definition) is 1. The van der Waals surface area contributed by atoms with Gasteiger partial charge in [0.1, 0.15) is 6.61 Å². The molecule has 0 saturated heterocycles. The first-order valence-corrected chi connectivity index (χ1v) is 18.4. The molecule has 0 saturated carbocycles. The second-order valence-electron chi connectivity index (χ2n) is 11.4. The maximum atomic E-state index is 12.4. The molecule has 9 nitrogen and oxygen atoms in total. The molecule has 0 rings (SSSR count). The summed E-state index contributed by atoms with van der Waals surface area (Å²) < 4.78 is 31.3. The number of phosphoric ester groups is 1. The van der Waals surface area contributed by atoms with E-state index >= 15 is 0 Å². The first kappa shape index (κ1) is 45.1. The van der Waals surface area contributed by atoms with Gasteiger partial charge in [0.15, 0.2) is 6.10 Å². The fraction of sp³-hybridized carbons (Fsp3) is 0.938. The van der Waals surface area contributed by atoms with Gasteiger partial charge in [0, 0.05) is 12.8 Å². The molecule has 0 aromatic carbocycles. The van der Waals surface area contributed by atoms with Gasteiger partial charge in [-0.2, -0.15) is 0 Å². The van der Waals surface area contributed by atoms with Crippen LogP contribution in [0.15, 0.2) is 0 Å². The maximum Gasteiger partial charge on any atom is 1.00 e. The molecular weight excluding hydrogens is 582 g/mol. The molecule has 0 aliphatic heterocycles. The average Bonchev–Trinajstić information content (AvgIpc) is 2.96. The summed E-state index contributed by atoms with van der Waals surface area (Å²) in [5.74, 6) is -0.904. The van der Waals surface area contributed by atoms with E-state index in [2.05, 4.69) is 18.4 Å². The zero-order valence-electron chi connectivity index (χ0n) is 27.8. The normalized spacial score (nSPS) is 13.2. The Morgan fingerprint density at radius 1 is 0.605 bits per heavy atom. The van der Waals surface area contributed by atoms with Gasteiger partial charge in [-0.25, -0.2) is 4.57 Å². The Kier molecular flexibility index (Phi) is 35.0. The Labute approximate surface area is 284 Å². The van der Waals surface area contributed by atoms with E-state index < -0.39 is 39.3 Å². The van der Waals surface area contributed by atoms with Gasteiger partial charge in [-0.05, 0) is 19.6 Å². The van der Waals surface area contributed by atoms with Crippen molar-refractivity contribution in [1.82, 2.24) is 0 Å². The van der Waals surface area contributed by atoms with Crippen LogP contribution in [-0.4, -0.2) is 42.9 Å². The summed E-state index contributed by atoms with van der Waals surface area (Å²) in [4.78, 5) is 34.1. The summed E-state index contributed by atoms with van der Waals surface area (Å²) in [6, 6.07) is 0. The average molecular weight is 645 g/mol. The Bertz CT molecular complexity index is 681. The predicted molar refractivity (Wildman–Crippen MR) is 165 cm³/mol. The molecule has 11 heteroatoms. The summed E-state index contributed by atoms with van der Waals surface area (Å²) in [5, 5.41) is 10.5. The van der Waals surface area contributed by atoms with Gasteiger partial charge in [-0.15, -0.1) is 0 Å². The number of phosphoric acid groups is 1. The summed E-state index contributed by atoms with van der Waals surface area (Å²) in [7, 11) is -4.57. The summed E-state index contributed by atoms with van der Waals surface area (Å²) >= 11 is 0. The van der Waals surface area contributed by atoms with Crippen molar-refractivity contribution >= 4 is 19.8 Å². The molecule has 1 N–H and O–H groups in total. The van der Waals surface area contributed by atoms with Crippen molar-refractivity contribution in [2.45, 2.75) is 174 Å². The summed E-state index contributed by atoms with van der Waals surface area (Å²) in [6.07, 6.45) is 25.2. The quantitative estimate of drug-likeness (QED) is 0.0341. The minimum Gasteiger partial charge on any atom is -0.833 e. The first-order valence-electron chi connectivity index (χ1n) is 16.9. The van der Waals surface area contributed by atoms with E-state index in [4.69, 9.17) is 14.0 Å². The molecule has 0 aliphatic carbocycles. The third-order valence-corrected chi connectivity index (χ3v) is 8.24. The standard InChI is InChI=1S/C32H62O9P.Na/c1-3-5-7-9-11-13-15-17-19-21-23-25-31(34)38-27-30(28-39-42(36,37)40-29-33)41-32(35)26-24-22-20-18-16-14-12-10-8-6-4-2;/h30H,3-29H2,1-2H3,(H,36,37);/q-1;+1. The zero-order valence-corrected chi connectivity index (χ0v) is 30.7. The topological polar surface area (TPSA) is 131 Å². The van der Waals surface area contributed by atoms with E-state index in [0.29, 0.717) is 6.42 Å². The van der Waals surface area contributed by atoms with Gasteiger partial charge in [0.2, 0.25) is 0 Å². The Hall–Kier alpha value is 0.0100. The molecule has 0 aromatic rings. The molecule has 0 bridgehead atoms. The van der Waals surface area contributed by atoms with E-state index in [1.54, 1.807) is 0 Å². The van der Waals surface area contributed by atoms with E-state index in [-0.39, 0.29) is 49.0 Å². The van der Waals surface area contributed by atoms with Gasteiger partial charge in [-0.3, -0.25) is 14.1 Å². The molecule has 0 amide bonds. The SMILES string of the molecule is CCCCCCCCCCCCCC(=O)OCC(COP(=O)(O)OC[O-])OC(=O)CCCCCCCCCCCCC.[Na+]. The van der Waals surface area contributed by atoms with Gasteiger partial charge in [-0.1, -0.05) is 142 Å². The van der Waals surface area contributed by atoms with Gasteiger partial charge in [0.25, 0.3) is 0 Å². The number of esters is 2. The molecule has 2 atom stereocenters. The largest absolute Gasteiger partial charge is 1.00 e. The van der Waals surface area contributed by atoms with E-state index in [1.807, 2.05) is 0 Å². The van der Waals surface area contributed by atoms with Crippen LogP contribution >= 0.6 is 7.82 Å². The molecule has 0 radical (unpaired) electrons. The van der Waals surface area contributed by atoms with Crippen LogP contribution in [0.4, 0.5) is 0 Å². The molecule has 0 spiro atoms. The van der Waals surface area contributed by atoms with Crippen LogP contribution in [0.2, 0.25) is 0 Å². The number of ether oxygens (including phenoxy) is 2. The first-order chi connectivity index (χ1) is 20.3. The number of unbranched alkanes of at least 4 members (excludes halogenated alkanes) is 20. The van der Waals surface area contributed by atoms with Crippen LogP contribution in [0, 0.1) is 0 Å². The van der Waals surface area contributed by atoms with Crippen LogP contribution < -0.4 is 34.7 Å². The van der Waals surface area contributed by atoms with Crippen molar-refractivity contribution in [3.63, 3.8) is 0 Å². The van der Waals surface area contributed by atoms with Crippen molar-refractivity contribution in [3.05, 3.63) is 0 Å². The third kappa shape index (κ3) is 33.2. The van der Waals surface area contributed by atoms with Crippen molar-refractivity contribution in [1.29, 1.82) is 0 Å². The van der Waals surface area contributed by atoms with Crippen molar-refractivity contribution in [3.8, 4) is 0 Å². The van der Waals surface area contributed by atoms with Crippen LogP contribution in [0.1, 0.15) is 168 Å². The number of carbonyl (C=O) groups excluding carboxylic acids is 2. The van der Waals surface area contributed by atoms with Crippen LogP contribution in [0.3, 0.4) is 0 Å². The molecule has 0 aromatic heterocycles. The molecule has 250 valence electrons. The van der Waals surface area contributed by atoms with Crippen LogP contribution in [-0.2, 0) is 32.7 Å². The van der Waals surface area contributed by atoms with Crippen molar-refractivity contribution in [2.24, 2.45) is 0 Å². The Morgan fingerprint density at radius 2 is 0.977 bits per heavy atom. The smallest absolute Gasteiger partial charge is 0.833 e. The van der Waals surface area contributed by atoms with E-state index in [9.17, 15) is 24.2 Å². The second-order valence-corrected chi connectivity index (χ2v) is 12.8. The minimum absolute atomic E-state index is 0. The summed E-state index contributed by atoms with van der Waals surface area (Å²) in [5.41, 5.74) is 0. The Balaban J connectivity index is 0. The van der Waals surface area contributed by atoms with Gasteiger partial charge >= 0.3 is 49.3 Å². The van der Waals surface area contributed by atoms with Crippen LogP contribution in [0.5, 0.6) is 0 Å². The van der Waals surface area contributed by atoms with Crippen molar-refractivity contribution < 1.29 is 72.2 Å². The number of hydrogen-bond acceptors (Lipinski definition) is 8. The Morgan fingerprint density at radius 3 is 1.37 bits per heavy atom. The van der Waals surface area contributed by atoms with E-state index in [0.717, 1.165) is 38.5 Å². The molecule has 43 heavy (non-hydrogen) atoms. The third-order valence-electron chi connectivity index (χ3n) is 7.34. The minimum atomic E-state index is -4.57. The monoisotopic (exact) mass is 644 g/mol. The molecule has 0 heterocycles. The van der Waals surface area contributed by atoms with Gasteiger partial charge < -0.3 is 24.0 Å². The van der Waals surface area contributed by atoms with E-state index in [1.165, 1.54) is 96.3 Å². The fourth-order valence-electron chi connectivity index (χ4n) is 4.77. The predicted octanol–water partition coefficient (Wildman–Crippen LogP) is 5.30. The number of carbonyl (C=O) groups is 2. The number of rotatable bonds is 32. The maximum absolute atomic E-state index is 12.4. The van der Waals surface area contributed by atoms with Crippen molar-refractivity contribution in [2.75, 3.05) is 20.0 Å². The second kappa shape index (κ2) is 33.4. The fourth-order valence-corrected chi connectivity index (χ4v) is 5.33.